The fourth-order valence-corrected chi connectivity index (χ4v) is 1.10. The van der Waals surface area contributed by atoms with Gasteiger partial charge in [-0.05, 0) is 13.0 Å². The molecule has 3 heteroatoms. The maximum absolute atomic E-state index is 11.0. The highest BCUT2D eigenvalue weighted by Gasteiger charge is 2.15. The molecule has 0 saturated carbocycles. The Morgan fingerprint density at radius 3 is 2.75 bits per heavy atom. The molecule has 0 bridgehead atoms. The Morgan fingerprint density at radius 2 is 2.17 bits per heavy atom. The van der Waals surface area contributed by atoms with Crippen molar-refractivity contribution in [3.63, 3.8) is 0 Å². The molecule has 0 N–H and O–H groups in total. The molecule has 1 heterocycles. The third-order valence-electron chi connectivity index (χ3n) is 1.67. The predicted octanol–water partition coefficient (Wildman–Crippen LogP) is 1.28. The van der Waals surface area contributed by atoms with Gasteiger partial charge in [-0.25, -0.2) is 0 Å². The molecule has 0 amide bonds. The minimum absolute atomic E-state index is 0.136. The molecule has 0 spiro atoms. The molecule has 0 aromatic heterocycles. The van der Waals surface area contributed by atoms with Crippen LogP contribution in [0.4, 0.5) is 0 Å². The van der Waals surface area contributed by atoms with Gasteiger partial charge in [-0.2, -0.15) is 0 Å². The van der Waals surface area contributed by atoms with E-state index in [1.165, 1.54) is 0 Å². The number of carbonyl (C=O) groups excluding carboxylic acids is 1. The number of ketones is 1. The molecule has 0 aromatic rings. The van der Waals surface area contributed by atoms with E-state index in [4.69, 9.17) is 9.47 Å². The zero-order chi connectivity index (χ0) is 8.81. The number of allylic oxidation sites excluding steroid dienone is 2. The Labute approximate surface area is 72.4 Å². The normalized spacial score (nSPS) is 19.1. The van der Waals surface area contributed by atoms with Crippen LogP contribution in [-0.2, 0) is 14.3 Å². The van der Waals surface area contributed by atoms with Gasteiger partial charge in [-0.3, -0.25) is 4.79 Å². The lowest BCUT2D eigenvalue weighted by molar-refractivity contribution is -0.117. The molecule has 0 unspecified atom stereocenters. The van der Waals surface area contributed by atoms with Gasteiger partial charge in [-0.1, -0.05) is 6.08 Å². The molecule has 3 nitrogen and oxygen atoms in total. The summed E-state index contributed by atoms with van der Waals surface area (Å²) >= 11 is 0. The Kier molecular flexibility index (Phi) is 3.97. The molecule has 0 aromatic carbocycles. The predicted molar refractivity (Wildman–Crippen MR) is 44.7 cm³/mol. The van der Waals surface area contributed by atoms with Crippen molar-refractivity contribution in [2.24, 2.45) is 0 Å². The number of ether oxygens (including phenoxy) is 2. The Balaban J connectivity index is 2.11. The zero-order valence-corrected chi connectivity index (χ0v) is 7.29. The van der Waals surface area contributed by atoms with Gasteiger partial charge in [0.1, 0.15) is 0 Å². The van der Waals surface area contributed by atoms with Crippen LogP contribution in [0.15, 0.2) is 12.2 Å². The van der Waals surface area contributed by atoms with Crippen LogP contribution >= 0.6 is 0 Å². The molecule has 68 valence electrons. The quantitative estimate of drug-likeness (QED) is 0.596. The van der Waals surface area contributed by atoms with Crippen molar-refractivity contribution in [3.8, 4) is 0 Å². The van der Waals surface area contributed by atoms with Gasteiger partial charge in [-0.15, -0.1) is 0 Å². The van der Waals surface area contributed by atoms with Crippen LogP contribution in [0.3, 0.4) is 0 Å². The summed E-state index contributed by atoms with van der Waals surface area (Å²) in [6.45, 7) is 3.14. The van der Waals surface area contributed by atoms with Crippen molar-refractivity contribution in [1.29, 1.82) is 0 Å². The topological polar surface area (TPSA) is 35.5 Å². The fraction of sp³-hybridized carbons (Fsp3) is 0.667. The van der Waals surface area contributed by atoms with E-state index in [1.807, 2.05) is 6.92 Å². The first-order valence-corrected chi connectivity index (χ1v) is 4.21. The highest BCUT2D eigenvalue weighted by molar-refractivity contribution is 5.89. The van der Waals surface area contributed by atoms with E-state index in [0.717, 1.165) is 0 Å². The summed E-state index contributed by atoms with van der Waals surface area (Å²) in [5.74, 6) is 0.136. The Morgan fingerprint density at radius 1 is 1.50 bits per heavy atom. The van der Waals surface area contributed by atoms with E-state index in [9.17, 15) is 4.79 Å². The van der Waals surface area contributed by atoms with Gasteiger partial charge in [0.25, 0.3) is 0 Å². The molecule has 1 aliphatic rings. The van der Waals surface area contributed by atoms with E-state index in [1.54, 1.807) is 12.2 Å². The fourth-order valence-electron chi connectivity index (χ4n) is 1.10. The van der Waals surface area contributed by atoms with Crippen molar-refractivity contribution < 1.29 is 14.3 Å². The zero-order valence-electron chi connectivity index (χ0n) is 7.29. The number of hydrogen-bond donors (Lipinski definition) is 0. The standard InChI is InChI=1S/C9H14O3/c1-2-3-8(10)4-5-9-11-6-7-12-9/h2-3,9H,4-7H2,1H3/b3-2+. The molecule has 0 atom stereocenters. The summed E-state index contributed by atoms with van der Waals surface area (Å²) in [6, 6.07) is 0. The lowest BCUT2D eigenvalue weighted by Gasteiger charge is -2.05. The van der Waals surface area contributed by atoms with Crippen LogP contribution in [0.5, 0.6) is 0 Å². The minimum Gasteiger partial charge on any atom is -0.350 e. The Bertz CT molecular complexity index is 169. The summed E-state index contributed by atoms with van der Waals surface area (Å²) in [7, 11) is 0. The second-order valence-corrected chi connectivity index (χ2v) is 2.68. The smallest absolute Gasteiger partial charge is 0.158 e. The van der Waals surface area contributed by atoms with Gasteiger partial charge < -0.3 is 9.47 Å². The number of rotatable bonds is 4. The summed E-state index contributed by atoms with van der Waals surface area (Å²) < 4.78 is 10.4. The molecule has 0 aliphatic carbocycles. The average molecular weight is 170 g/mol. The molecule has 12 heavy (non-hydrogen) atoms. The monoisotopic (exact) mass is 170 g/mol. The summed E-state index contributed by atoms with van der Waals surface area (Å²) in [5.41, 5.74) is 0. The summed E-state index contributed by atoms with van der Waals surface area (Å²) in [6.07, 6.45) is 4.35. The van der Waals surface area contributed by atoms with E-state index >= 15 is 0 Å². The highest BCUT2D eigenvalue weighted by Crippen LogP contribution is 2.10. The van der Waals surface area contributed by atoms with E-state index in [0.29, 0.717) is 26.1 Å². The van der Waals surface area contributed by atoms with Crippen LogP contribution < -0.4 is 0 Å². The first-order chi connectivity index (χ1) is 5.83. The minimum atomic E-state index is -0.154. The third kappa shape index (κ3) is 3.15. The van der Waals surface area contributed by atoms with Crippen LogP contribution in [-0.4, -0.2) is 25.3 Å². The maximum Gasteiger partial charge on any atom is 0.158 e. The van der Waals surface area contributed by atoms with Crippen molar-refractivity contribution in [2.45, 2.75) is 26.1 Å². The van der Waals surface area contributed by atoms with Gasteiger partial charge >= 0.3 is 0 Å². The Hall–Kier alpha value is -0.670. The van der Waals surface area contributed by atoms with Crippen molar-refractivity contribution in [2.75, 3.05) is 13.2 Å². The summed E-state index contributed by atoms with van der Waals surface area (Å²) in [4.78, 5) is 11.0. The van der Waals surface area contributed by atoms with Crippen molar-refractivity contribution in [1.82, 2.24) is 0 Å². The largest absolute Gasteiger partial charge is 0.350 e. The SMILES string of the molecule is C/C=C/C(=O)CCC1OCCO1. The average Bonchev–Trinajstić information content (AvgIpc) is 2.53. The van der Waals surface area contributed by atoms with Gasteiger partial charge in [0, 0.05) is 12.8 Å². The molecule has 1 saturated heterocycles. The van der Waals surface area contributed by atoms with E-state index in [2.05, 4.69) is 0 Å². The van der Waals surface area contributed by atoms with Crippen molar-refractivity contribution >= 4 is 5.78 Å². The second kappa shape index (κ2) is 5.06. The number of carbonyl (C=O) groups is 1. The molecule has 1 aliphatic heterocycles. The lowest BCUT2D eigenvalue weighted by Crippen LogP contribution is -2.09. The van der Waals surface area contributed by atoms with Gasteiger partial charge in [0.15, 0.2) is 12.1 Å². The van der Waals surface area contributed by atoms with Crippen molar-refractivity contribution in [3.05, 3.63) is 12.2 Å². The lowest BCUT2D eigenvalue weighted by atomic mass is 10.2. The maximum atomic E-state index is 11.0. The van der Waals surface area contributed by atoms with E-state index in [-0.39, 0.29) is 12.1 Å². The molecular formula is C9H14O3. The molecule has 1 rings (SSSR count). The van der Waals surface area contributed by atoms with Crippen LogP contribution in [0, 0.1) is 0 Å². The summed E-state index contributed by atoms with van der Waals surface area (Å²) in [5, 5.41) is 0. The van der Waals surface area contributed by atoms with E-state index < -0.39 is 0 Å². The highest BCUT2D eigenvalue weighted by atomic mass is 16.7. The molecular weight excluding hydrogens is 156 g/mol. The van der Waals surface area contributed by atoms with Crippen LogP contribution in [0.1, 0.15) is 19.8 Å². The van der Waals surface area contributed by atoms with Crippen LogP contribution in [0.2, 0.25) is 0 Å². The van der Waals surface area contributed by atoms with Gasteiger partial charge in [0.05, 0.1) is 13.2 Å². The van der Waals surface area contributed by atoms with Gasteiger partial charge in [0.2, 0.25) is 0 Å². The second-order valence-electron chi connectivity index (χ2n) is 2.68. The molecule has 0 radical (unpaired) electrons. The van der Waals surface area contributed by atoms with Crippen LogP contribution in [0.25, 0.3) is 0 Å². The first kappa shape index (κ1) is 9.42. The first-order valence-electron chi connectivity index (χ1n) is 4.21. The molecule has 1 fully saturated rings. The third-order valence-corrected chi connectivity index (χ3v) is 1.67. The number of hydrogen-bond acceptors (Lipinski definition) is 3.